The lowest BCUT2D eigenvalue weighted by Gasteiger charge is -2.09. The van der Waals surface area contributed by atoms with Crippen LogP contribution in [0.5, 0.6) is 0 Å². The molecule has 2 aliphatic rings. The van der Waals surface area contributed by atoms with Crippen LogP contribution in [0.3, 0.4) is 0 Å². The summed E-state index contributed by atoms with van der Waals surface area (Å²) in [7, 11) is 0. The van der Waals surface area contributed by atoms with Crippen LogP contribution in [0.25, 0.3) is 0 Å². The lowest BCUT2D eigenvalue weighted by Crippen LogP contribution is -2.30. The van der Waals surface area contributed by atoms with E-state index in [2.05, 4.69) is 21.5 Å². The fourth-order valence-corrected chi connectivity index (χ4v) is 2.15. The van der Waals surface area contributed by atoms with Gasteiger partial charge in [0.15, 0.2) is 0 Å². The van der Waals surface area contributed by atoms with Crippen molar-refractivity contribution in [2.75, 3.05) is 6.54 Å². The molecule has 0 fully saturated rings. The molecule has 0 unspecified atom stereocenters. The first kappa shape index (κ1) is 10.5. The Labute approximate surface area is 100 Å². The molecule has 0 aliphatic carbocycles. The van der Waals surface area contributed by atoms with Crippen molar-refractivity contribution in [3.05, 3.63) is 41.7 Å². The molecule has 0 bridgehead atoms. The number of pyridine rings is 1. The fraction of sp³-hybridized carbons (Fsp3) is 0.385. The second-order valence-corrected chi connectivity index (χ2v) is 4.28. The highest BCUT2D eigenvalue weighted by atomic mass is 16.7. The minimum atomic E-state index is -0.0452. The SMILES string of the molecule is C1=C2C(Cc3ccccn3)=NO[C@@H]2NCCC1. The molecule has 2 aliphatic heterocycles. The molecule has 4 heteroatoms. The van der Waals surface area contributed by atoms with Crippen LogP contribution in [0.2, 0.25) is 0 Å². The van der Waals surface area contributed by atoms with Gasteiger partial charge >= 0.3 is 0 Å². The summed E-state index contributed by atoms with van der Waals surface area (Å²) in [6.45, 7) is 0.983. The molecular weight excluding hydrogens is 214 g/mol. The molecular formula is C13H15N3O. The molecule has 0 saturated heterocycles. The van der Waals surface area contributed by atoms with Gasteiger partial charge in [0.05, 0.1) is 5.71 Å². The Morgan fingerprint density at radius 3 is 3.29 bits per heavy atom. The third-order valence-corrected chi connectivity index (χ3v) is 3.03. The molecule has 88 valence electrons. The third kappa shape index (κ3) is 2.22. The largest absolute Gasteiger partial charge is 0.371 e. The van der Waals surface area contributed by atoms with E-state index in [1.165, 1.54) is 5.57 Å². The molecule has 3 rings (SSSR count). The van der Waals surface area contributed by atoms with E-state index in [9.17, 15) is 0 Å². The summed E-state index contributed by atoms with van der Waals surface area (Å²) in [5, 5.41) is 7.50. The average Bonchev–Trinajstić information content (AvgIpc) is 2.61. The van der Waals surface area contributed by atoms with E-state index in [4.69, 9.17) is 4.84 Å². The van der Waals surface area contributed by atoms with Gasteiger partial charge in [0.2, 0.25) is 6.23 Å². The molecule has 0 radical (unpaired) electrons. The van der Waals surface area contributed by atoms with Crippen LogP contribution >= 0.6 is 0 Å². The number of rotatable bonds is 2. The van der Waals surface area contributed by atoms with E-state index in [0.29, 0.717) is 0 Å². The van der Waals surface area contributed by atoms with E-state index in [-0.39, 0.29) is 6.23 Å². The molecule has 0 spiro atoms. The number of allylic oxidation sites excluding steroid dienone is 1. The first-order valence-corrected chi connectivity index (χ1v) is 6.00. The van der Waals surface area contributed by atoms with Crippen LogP contribution in [0.15, 0.2) is 41.2 Å². The van der Waals surface area contributed by atoms with Gasteiger partial charge in [-0.05, 0) is 31.5 Å². The Bertz CT molecular complexity index is 453. The summed E-state index contributed by atoms with van der Waals surface area (Å²) in [5.74, 6) is 0. The van der Waals surface area contributed by atoms with E-state index >= 15 is 0 Å². The van der Waals surface area contributed by atoms with Gasteiger partial charge in [-0.1, -0.05) is 17.3 Å². The lowest BCUT2D eigenvalue weighted by molar-refractivity contribution is 0.0807. The van der Waals surface area contributed by atoms with Gasteiger partial charge in [-0.2, -0.15) is 0 Å². The molecule has 1 aromatic rings. The summed E-state index contributed by atoms with van der Waals surface area (Å²) in [5.41, 5.74) is 3.22. The Kier molecular flexibility index (Phi) is 2.88. The highest BCUT2D eigenvalue weighted by Gasteiger charge is 2.28. The number of oxime groups is 1. The maximum Gasteiger partial charge on any atom is 0.206 e. The van der Waals surface area contributed by atoms with Gasteiger partial charge in [0.25, 0.3) is 0 Å². The predicted molar refractivity (Wildman–Crippen MR) is 65.6 cm³/mol. The van der Waals surface area contributed by atoms with Gasteiger partial charge in [0, 0.05) is 23.9 Å². The highest BCUT2D eigenvalue weighted by Crippen LogP contribution is 2.21. The number of hydrogen-bond acceptors (Lipinski definition) is 4. The predicted octanol–water partition coefficient (Wildman–Crippen LogP) is 1.65. The van der Waals surface area contributed by atoms with Crippen molar-refractivity contribution in [3.8, 4) is 0 Å². The van der Waals surface area contributed by atoms with E-state index in [0.717, 1.165) is 37.2 Å². The van der Waals surface area contributed by atoms with Crippen molar-refractivity contribution in [1.82, 2.24) is 10.3 Å². The first-order chi connectivity index (χ1) is 8.43. The van der Waals surface area contributed by atoms with E-state index in [1.807, 2.05) is 24.4 Å². The van der Waals surface area contributed by atoms with Crippen LogP contribution in [-0.2, 0) is 11.3 Å². The molecule has 1 aromatic heterocycles. The lowest BCUT2D eigenvalue weighted by atomic mass is 10.0. The first-order valence-electron chi connectivity index (χ1n) is 6.00. The number of fused-ring (bicyclic) bond motifs is 1. The van der Waals surface area contributed by atoms with E-state index < -0.39 is 0 Å². The van der Waals surface area contributed by atoms with Crippen molar-refractivity contribution in [2.45, 2.75) is 25.5 Å². The topological polar surface area (TPSA) is 46.5 Å². The van der Waals surface area contributed by atoms with Gasteiger partial charge in [-0.3, -0.25) is 10.3 Å². The zero-order valence-corrected chi connectivity index (χ0v) is 9.60. The summed E-state index contributed by atoms with van der Waals surface area (Å²) in [6.07, 6.45) is 6.98. The smallest absolute Gasteiger partial charge is 0.206 e. The number of aromatic nitrogens is 1. The third-order valence-electron chi connectivity index (χ3n) is 3.03. The maximum atomic E-state index is 5.40. The van der Waals surface area contributed by atoms with Crippen molar-refractivity contribution in [2.24, 2.45) is 5.16 Å². The van der Waals surface area contributed by atoms with Crippen LogP contribution in [-0.4, -0.2) is 23.5 Å². The zero-order chi connectivity index (χ0) is 11.5. The van der Waals surface area contributed by atoms with Gasteiger partial charge < -0.3 is 4.84 Å². The second-order valence-electron chi connectivity index (χ2n) is 4.28. The van der Waals surface area contributed by atoms with Crippen LogP contribution in [0, 0.1) is 0 Å². The van der Waals surface area contributed by atoms with Crippen LogP contribution in [0.4, 0.5) is 0 Å². The summed E-state index contributed by atoms with van der Waals surface area (Å²) in [6, 6.07) is 5.93. The highest BCUT2D eigenvalue weighted by molar-refractivity contribution is 6.02. The summed E-state index contributed by atoms with van der Waals surface area (Å²) in [4.78, 5) is 9.72. The Morgan fingerprint density at radius 2 is 2.41 bits per heavy atom. The molecule has 3 heterocycles. The minimum absolute atomic E-state index is 0.0452. The molecule has 17 heavy (non-hydrogen) atoms. The monoisotopic (exact) mass is 229 g/mol. The molecule has 0 amide bonds. The summed E-state index contributed by atoms with van der Waals surface area (Å²) < 4.78 is 0. The van der Waals surface area contributed by atoms with Gasteiger partial charge in [0.1, 0.15) is 0 Å². The van der Waals surface area contributed by atoms with Gasteiger partial charge in [-0.25, -0.2) is 0 Å². The van der Waals surface area contributed by atoms with Crippen molar-refractivity contribution < 1.29 is 4.84 Å². The summed E-state index contributed by atoms with van der Waals surface area (Å²) >= 11 is 0. The Morgan fingerprint density at radius 1 is 1.41 bits per heavy atom. The molecule has 0 aromatic carbocycles. The number of nitrogens with zero attached hydrogens (tertiary/aromatic N) is 2. The quantitative estimate of drug-likeness (QED) is 0.838. The van der Waals surface area contributed by atoms with Crippen molar-refractivity contribution in [1.29, 1.82) is 0 Å². The normalized spacial score (nSPS) is 23.2. The minimum Gasteiger partial charge on any atom is -0.371 e. The molecule has 1 atom stereocenters. The van der Waals surface area contributed by atoms with Crippen molar-refractivity contribution >= 4 is 5.71 Å². The molecule has 0 saturated carbocycles. The fourth-order valence-electron chi connectivity index (χ4n) is 2.15. The molecule has 4 nitrogen and oxygen atoms in total. The maximum absolute atomic E-state index is 5.40. The van der Waals surface area contributed by atoms with Gasteiger partial charge in [-0.15, -0.1) is 0 Å². The Hall–Kier alpha value is -1.68. The average molecular weight is 229 g/mol. The zero-order valence-electron chi connectivity index (χ0n) is 9.60. The number of nitrogens with one attached hydrogen (secondary N) is 1. The number of hydrogen-bond donors (Lipinski definition) is 1. The van der Waals surface area contributed by atoms with Crippen LogP contribution < -0.4 is 5.32 Å². The van der Waals surface area contributed by atoms with E-state index in [1.54, 1.807) is 0 Å². The van der Waals surface area contributed by atoms with Crippen molar-refractivity contribution in [3.63, 3.8) is 0 Å². The standard InChI is InChI=1S/C13H15N3O/c1-3-7-14-10(5-1)9-12-11-6-2-4-8-15-13(11)17-16-12/h1,3,5-7,13,15H,2,4,8-9H2/t13-/m0/s1. The Balaban J connectivity index is 1.78. The second kappa shape index (κ2) is 4.67. The van der Waals surface area contributed by atoms with Crippen LogP contribution in [0.1, 0.15) is 18.5 Å². The molecule has 1 N–H and O–H groups in total.